The van der Waals surface area contributed by atoms with Gasteiger partial charge in [-0.15, -0.1) is 0 Å². The molecule has 3 nitrogen and oxygen atoms in total. The molecule has 0 bridgehead atoms. The lowest BCUT2D eigenvalue weighted by Crippen LogP contribution is -2.23. The highest BCUT2D eigenvalue weighted by Gasteiger charge is 2.01. The molecule has 2 aromatic rings. The van der Waals surface area contributed by atoms with Gasteiger partial charge in [0, 0.05) is 10.7 Å². The first-order valence-corrected chi connectivity index (χ1v) is 7.02. The van der Waals surface area contributed by atoms with Gasteiger partial charge < -0.3 is 5.32 Å². The summed E-state index contributed by atoms with van der Waals surface area (Å²) in [5.41, 5.74) is 4.09. The minimum atomic E-state index is -0.484. The number of thiocarbonyl (C=S) groups is 1. The number of nitrogens with one attached hydrogen (secondary N) is 2. The van der Waals surface area contributed by atoms with Gasteiger partial charge in [-0.2, -0.15) is 5.10 Å². The smallest absolute Gasteiger partial charge is 0.191 e. The second kappa shape index (κ2) is 7.36. The highest BCUT2D eigenvalue weighted by Crippen LogP contribution is 2.19. The molecule has 0 amide bonds. The predicted molar refractivity (Wildman–Crippen MR) is 89.8 cm³/mol. The summed E-state index contributed by atoms with van der Waals surface area (Å²) in [5.74, 6) is -0.484. The van der Waals surface area contributed by atoms with Crippen molar-refractivity contribution < 1.29 is 4.39 Å². The van der Waals surface area contributed by atoms with E-state index in [1.807, 2.05) is 12.1 Å². The van der Waals surface area contributed by atoms with E-state index < -0.39 is 5.82 Å². The number of halogens is 3. The molecule has 21 heavy (non-hydrogen) atoms. The molecule has 2 rings (SSSR count). The van der Waals surface area contributed by atoms with Gasteiger partial charge in [0.2, 0.25) is 0 Å². The van der Waals surface area contributed by atoms with E-state index in [0.717, 1.165) is 5.56 Å². The molecule has 2 aromatic carbocycles. The van der Waals surface area contributed by atoms with Gasteiger partial charge in [0.15, 0.2) is 5.11 Å². The number of hydrazone groups is 1. The maximum Gasteiger partial charge on any atom is 0.191 e. The van der Waals surface area contributed by atoms with Gasteiger partial charge in [0.25, 0.3) is 0 Å². The summed E-state index contributed by atoms with van der Waals surface area (Å²) < 4.78 is 13.0. The third-order valence-electron chi connectivity index (χ3n) is 2.43. The first-order valence-electron chi connectivity index (χ1n) is 5.85. The van der Waals surface area contributed by atoms with Crippen LogP contribution in [-0.2, 0) is 0 Å². The first-order chi connectivity index (χ1) is 10.0. The van der Waals surface area contributed by atoms with Crippen molar-refractivity contribution in [3.8, 4) is 0 Å². The van der Waals surface area contributed by atoms with E-state index in [-0.39, 0.29) is 10.1 Å². The van der Waals surface area contributed by atoms with Crippen LogP contribution in [0.15, 0.2) is 47.6 Å². The van der Waals surface area contributed by atoms with Gasteiger partial charge in [0.05, 0.1) is 11.2 Å². The van der Waals surface area contributed by atoms with Crippen molar-refractivity contribution in [1.29, 1.82) is 0 Å². The maximum atomic E-state index is 13.0. The molecule has 108 valence electrons. The number of anilines is 1. The Labute approximate surface area is 136 Å². The molecular weight excluding hydrogens is 332 g/mol. The highest BCUT2D eigenvalue weighted by molar-refractivity contribution is 7.80. The second-order valence-electron chi connectivity index (χ2n) is 4.00. The van der Waals surface area contributed by atoms with Crippen LogP contribution in [0.1, 0.15) is 5.56 Å². The van der Waals surface area contributed by atoms with Gasteiger partial charge in [-0.25, -0.2) is 4.39 Å². The molecule has 2 N–H and O–H groups in total. The first kappa shape index (κ1) is 15.7. The topological polar surface area (TPSA) is 36.4 Å². The molecule has 0 heterocycles. The summed E-state index contributed by atoms with van der Waals surface area (Å²) >= 11 is 16.5. The van der Waals surface area contributed by atoms with Crippen LogP contribution in [-0.4, -0.2) is 11.3 Å². The minimum absolute atomic E-state index is 0.0208. The zero-order valence-corrected chi connectivity index (χ0v) is 12.9. The molecule has 0 atom stereocenters. The average Bonchev–Trinajstić information content (AvgIpc) is 2.45. The fraction of sp³-hybridized carbons (Fsp3) is 0. The Hall–Kier alpha value is -1.69. The molecule has 0 unspecified atom stereocenters. The summed E-state index contributed by atoms with van der Waals surface area (Å²) in [6.07, 6.45) is 1.60. The maximum absolute atomic E-state index is 13.0. The molecule has 0 spiro atoms. The van der Waals surface area contributed by atoms with Crippen molar-refractivity contribution >= 4 is 52.4 Å². The number of rotatable bonds is 3. The standard InChI is InChI=1S/C14H10Cl2FN3S/c15-10-3-1-9(2-4-10)8-18-20-14(21)19-11-5-6-13(17)12(16)7-11/h1-8H,(H2,19,20,21)/b18-8+. The van der Waals surface area contributed by atoms with Crippen LogP contribution in [0, 0.1) is 5.82 Å². The van der Waals surface area contributed by atoms with Crippen LogP contribution in [0.25, 0.3) is 0 Å². The van der Waals surface area contributed by atoms with E-state index in [0.29, 0.717) is 10.7 Å². The Balaban J connectivity index is 1.89. The Morgan fingerprint density at radius 2 is 1.86 bits per heavy atom. The van der Waals surface area contributed by atoms with E-state index >= 15 is 0 Å². The predicted octanol–water partition coefficient (Wildman–Crippen LogP) is 4.45. The van der Waals surface area contributed by atoms with Crippen molar-refractivity contribution in [2.75, 3.05) is 5.32 Å². The molecule has 0 saturated heterocycles. The van der Waals surface area contributed by atoms with Gasteiger partial charge >= 0.3 is 0 Å². The Bertz CT molecular complexity index is 674. The summed E-state index contributed by atoms with van der Waals surface area (Å²) in [6.45, 7) is 0. The highest BCUT2D eigenvalue weighted by atomic mass is 35.5. The van der Waals surface area contributed by atoms with E-state index in [1.54, 1.807) is 18.3 Å². The number of hydrogen-bond acceptors (Lipinski definition) is 2. The Kier molecular flexibility index (Phi) is 5.50. The lowest BCUT2D eigenvalue weighted by atomic mass is 10.2. The largest absolute Gasteiger partial charge is 0.331 e. The average molecular weight is 342 g/mol. The molecular formula is C14H10Cl2FN3S. The van der Waals surface area contributed by atoms with E-state index in [2.05, 4.69) is 15.8 Å². The van der Waals surface area contributed by atoms with Crippen molar-refractivity contribution in [1.82, 2.24) is 5.43 Å². The molecule has 0 aliphatic heterocycles. The third kappa shape index (κ3) is 4.97. The molecule has 7 heteroatoms. The van der Waals surface area contributed by atoms with Crippen LogP contribution in [0.3, 0.4) is 0 Å². The minimum Gasteiger partial charge on any atom is -0.331 e. The lowest BCUT2D eigenvalue weighted by molar-refractivity contribution is 0.628. The van der Waals surface area contributed by atoms with Gasteiger partial charge in [-0.1, -0.05) is 35.3 Å². The van der Waals surface area contributed by atoms with Gasteiger partial charge in [-0.3, -0.25) is 5.43 Å². The molecule has 0 aliphatic rings. The molecule has 0 aliphatic carbocycles. The van der Waals surface area contributed by atoms with E-state index in [9.17, 15) is 4.39 Å². The summed E-state index contributed by atoms with van der Waals surface area (Å²) in [7, 11) is 0. The van der Waals surface area contributed by atoms with Crippen LogP contribution in [0.4, 0.5) is 10.1 Å². The van der Waals surface area contributed by atoms with E-state index in [1.165, 1.54) is 18.2 Å². The Morgan fingerprint density at radius 1 is 1.14 bits per heavy atom. The van der Waals surface area contributed by atoms with Gasteiger partial charge in [-0.05, 0) is 48.1 Å². The van der Waals surface area contributed by atoms with Crippen molar-refractivity contribution in [2.45, 2.75) is 0 Å². The fourth-order valence-corrected chi connectivity index (χ4v) is 1.92. The summed E-state index contributed by atoms with van der Waals surface area (Å²) in [5, 5.41) is 7.76. The van der Waals surface area contributed by atoms with Crippen LogP contribution in [0.2, 0.25) is 10.0 Å². The van der Waals surface area contributed by atoms with Crippen LogP contribution >= 0.6 is 35.4 Å². The second-order valence-corrected chi connectivity index (χ2v) is 5.26. The Morgan fingerprint density at radius 3 is 2.52 bits per heavy atom. The summed E-state index contributed by atoms with van der Waals surface area (Å²) in [6, 6.07) is 11.4. The van der Waals surface area contributed by atoms with Gasteiger partial charge in [0.1, 0.15) is 5.82 Å². The fourth-order valence-electron chi connectivity index (χ4n) is 1.45. The quantitative estimate of drug-likeness (QED) is 0.491. The third-order valence-corrected chi connectivity index (χ3v) is 3.16. The van der Waals surface area contributed by atoms with Crippen molar-refractivity contribution in [3.63, 3.8) is 0 Å². The molecule has 0 aromatic heterocycles. The van der Waals surface area contributed by atoms with Crippen molar-refractivity contribution in [2.24, 2.45) is 5.10 Å². The number of benzene rings is 2. The normalized spacial score (nSPS) is 10.6. The molecule has 0 saturated carbocycles. The van der Waals surface area contributed by atoms with Crippen LogP contribution < -0.4 is 10.7 Å². The van der Waals surface area contributed by atoms with E-state index in [4.69, 9.17) is 35.4 Å². The number of hydrogen-bond donors (Lipinski definition) is 2. The zero-order chi connectivity index (χ0) is 15.2. The van der Waals surface area contributed by atoms with Crippen molar-refractivity contribution in [3.05, 3.63) is 63.9 Å². The molecule has 0 radical (unpaired) electrons. The SMILES string of the molecule is Fc1ccc(NC(=S)N/N=C/c2ccc(Cl)cc2)cc1Cl. The zero-order valence-electron chi connectivity index (χ0n) is 10.6. The monoisotopic (exact) mass is 341 g/mol. The molecule has 0 fully saturated rings. The lowest BCUT2D eigenvalue weighted by Gasteiger charge is -2.07. The summed E-state index contributed by atoms with van der Waals surface area (Å²) in [4.78, 5) is 0. The van der Waals surface area contributed by atoms with Crippen LogP contribution in [0.5, 0.6) is 0 Å². The number of nitrogens with zero attached hydrogens (tertiary/aromatic N) is 1.